The summed E-state index contributed by atoms with van der Waals surface area (Å²) in [5.74, 6) is -1.26. The standard InChI is InChI=1S/C30H22ClN3O7S2/c1-39-28(38)17-8-6-16(7-9-17)24-23(25(35)18-10-11-21-22(14-18)41-13-12-40-21)26(36)27(37)34(24)29-32-33-30(43-29)42-15-19-4-2-3-5-20(19)31/h2-11,14,24,35H,12-13,15H2,1H3/t24-/m1/s1. The van der Waals surface area contributed by atoms with Crippen molar-refractivity contribution in [1.82, 2.24) is 10.2 Å². The lowest BCUT2D eigenvalue weighted by Crippen LogP contribution is -2.29. The van der Waals surface area contributed by atoms with Crippen molar-refractivity contribution in [3.8, 4) is 11.5 Å². The molecule has 1 saturated heterocycles. The molecule has 1 atom stereocenters. The zero-order valence-corrected chi connectivity index (χ0v) is 24.9. The van der Waals surface area contributed by atoms with Gasteiger partial charge in [0.25, 0.3) is 5.78 Å². The smallest absolute Gasteiger partial charge is 0.337 e. The molecule has 1 amide bonds. The molecule has 43 heavy (non-hydrogen) atoms. The monoisotopic (exact) mass is 635 g/mol. The summed E-state index contributed by atoms with van der Waals surface area (Å²) in [6.45, 7) is 0.730. The molecule has 1 fully saturated rings. The fourth-order valence-corrected chi connectivity index (χ4v) is 6.88. The molecule has 0 unspecified atom stereocenters. The molecule has 218 valence electrons. The van der Waals surface area contributed by atoms with Crippen molar-refractivity contribution in [3.63, 3.8) is 0 Å². The highest BCUT2D eigenvalue weighted by atomic mass is 35.5. The first-order chi connectivity index (χ1) is 20.9. The predicted molar refractivity (Wildman–Crippen MR) is 161 cm³/mol. The van der Waals surface area contributed by atoms with Gasteiger partial charge in [0, 0.05) is 16.3 Å². The number of aliphatic hydroxyl groups excluding tert-OH is 1. The van der Waals surface area contributed by atoms with Crippen molar-refractivity contribution in [2.24, 2.45) is 0 Å². The van der Waals surface area contributed by atoms with E-state index in [1.54, 1.807) is 36.4 Å². The molecule has 4 aromatic rings. The van der Waals surface area contributed by atoms with E-state index in [0.717, 1.165) is 16.9 Å². The fourth-order valence-electron chi connectivity index (χ4n) is 4.72. The molecule has 6 rings (SSSR count). The normalized spacial score (nSPS) is 17.3. The largest absolute Gasteiger partial charge is 0.507 e. The number of hydrogen-bond acceptors (Lipinski definition) is 11. The maximum absolute atomic E-state index is 13.6. The van der Waals surface area contributed by atoms with Crippen molar-refractivity contribution in [2.45, 2.75) is 16.1 Å². The molecule has 13 heteroatoms. The molecule has 3 heterocycles. The van der Waals surface area contributed by atoms with Crippen LogP contribution in [0.3, 0.4) is 0 Å². The molecule has 0 radical (unpaired) electrons. The summed E-state index contributed by atoms with van der Waals surface area (Å²) >= 11 is 8.81. The summed E-state index contributed by atoms with van der Waals surface area (Å²) in [6, 6.07) is 17.4. The van der Waals surface area contributed by atoms with Crippen molar-refractivity contribution >= 4 is 63.3 Å². The third-order valence-corrected chi connectivity index (χ3v) is 9.29. The maximum atomic E-state index is 13.6. The second-order valence-corrected chi connectivity index (χ2v) is 12.0. The van der Waals surface area contributed by atoms with E-state index in [2.05, 4.69) is 10.2 Å². The van der Waals surface area contributed by atoms with E-state index in [-0.39, 0.29) is 21.8 Å². The van der Waals surface area contributed by atoms with E-state index in [0.29, 0.717) is 45.4 Å². The van der Waals surface area contributed by atoms with Gasteiger partial charge in [-0.15, -0.1) is 10.2 Å². The molecule has 2 aliphatic heterocycles. The number of ketones is 1. The Balaban J connectivity index is 1.40. The topological polar surface area (TPSA) is 128 Å². The number of Topliss-reactive ketones (excluding diaryl/α,β-unsaturated/α-hetero) is 1. The number of aliphatic hydroxyl groups is 1. The lowest BCUT2D eigenvalue weighted by molar-refractivity contribution is -0.132. The molecule has 10 nitrogen and oxygen atoms in total. The minimum atomic E-state index is -1.06. The maximum Gasteiger partial charge on any atom is 0.337 e. The van der Waals surface area contributed by atoms with Gasteiger partial charge in [0.1, 0.15) is 19.0 Å². The SMILES string of the molecule is COC(=O)c1ccc([C@@H]2C(=C(O)c3ccc4c(c3)OCCO4)C(=O)C(=O)N2c2nnc(SCc3ccccc3Cl)s2)cc1. The van der Waals surface area contributed by atoms with Crippen LogP contribution in [0.1, 0.15) is 33.1 Å². The first-order valence-corrected chi connectivity index (χ1v) is 15.1. The number of carbonyl (C=O) groups excluding carboxylic acids is 3. The quantitative estimate of drug-likeness (QED) is 0.0677. The summed E-state index contributed by atoms with van der Waals surface area (Å²) in [4.78, 5) is 40.4. The Bertz CT molecular complexity index is 1770. The summed E-state index contributed by atoms with van der Waals surface area (Å²) in [7, 11) is 1.27. The minimum absolute atomic E-state index is 0.145. The van der Waals surface area contributed by atoms with E-state index in [9.17, 15) is 19.5 Å². The first-order valence-electron chi connectivity index (χ1n) is 12.9. The number of amides is 1. The highest BCUT2D eigenvalue weighted by Gasteiger charge is 2.48. The number of rotatable bonds is 7. The number of benzene rings is 3. The molecule has 2 aliphatic rings. The number of esters is 1. The predicted octanol–water partition coefficient (Wildman–Crippen LogP) is 5.67. The van der Waals surface area contributed by atoms with Crippen LogP contribution < -0.4 is 14.4 Å². The van der Waals surface area contributed by atoms with E-state index >= 15 is 0 Å². The van der Waals surface area contributed by atoms with E-state index in [1.165, 1.54) is 35.9 Å². The molecular weight excluding hydrogens is 614 g/mol. The van der Waals surface area contributed by atoms with Crippen LogP contribution in [0.25, 0.3) is 5.76 Å². The lowest BCUT2D eigenvalue weighted by Gasteiger charge is -2.23. The van der Waals surface area contributed by atoms with Gasteiger partial charge in [0.2, 0.25) is 5.13 Å². The van der Waals surface area contributed by atoms with Crippen LogP contribution in [0.5, 0.6) is 11.5 Å². The van der Waals surface area contributed by atoms with Crippen LogP contribution >= 0.6 is 34.7 Å². The highest BCUT2D eigenvalue weighted by molar-refractivity contribution is 8.00. The number of anilines is 1. The van der Waals surface area contributed by atoms with Gasteiger partial charge >= 0.3 is 11.9 Å². The van der Waals surface area contributed by atoms with Crippen LogP contribution in [-0.4, -0.2) is 53.3 Å². The number of halogens is 1. The van der Waals surface area contributed by atoms with Crippen molar-refractivity contribution in [3.05, 3.63) is 99.6 Å². The highest BCUT2D eigenvalue weighted by Crippen LogP contribution is 2.45. The van der Waals surface area contributed by atoms with Crippen LogP contribution in [0.4, 0.5) is 5.13 Å². The minimum Gasteiger partial charge on any atom is -0.507 e. The Morgan fingerprint density at radius 3 is 2.51 bits per heavy atom. The summed E-state index contributed by atoms with van der Waals surface area (Å²) < 4.78 is 16.6. The fraction of sp³-hybridized carbons (Fsp3) is 0.167. The van der Waals surface area contributed by atoms with Gasteiger partial charge in [0.15, 0.2) is 15.8 Å². The summed E-state index contributed by atoms with van der Waals surface area (Å²) in [5.41, 5.74) is 1.78. The Morgan fingerprint density at radius 2 is 1.77 bits per heavy atom. The van der Waals surface area contributed by atoms with Crippen molar-refractivity contribution < 1.29 is 33.7 Å². The zero-order chi connectivity index (χ0) is 30.1. The van der Waals surface area contributed by atoms with E-state index in [4.69, 9.17) is 25.8 Å². The Morgan fingerprint density at radius 1 is 1.05 bits per heavy atom. The van der Waals surface area contributed by atoms with Crippen LogP contribution in [0.15, 0.2) is 76.6 Å². The lowest BCUT2D eigenvalue weighted by atomic mass is 9.94. The number of ether oxygens (including phenoxy) is 3. The molecule has 1 aromatic heterocycles. The van der Waals surface area contributed by atoms with Gasteiger partial charge in [-0.2, -0.15) is 0 Å². The zero-order valence-electron chi connectivity index (χ0n) is 22.5. The van der Waals surface area contributed by atoms with Crippen molar-refractivity contribution in [1.29, 1.82) is 0 Å². The second kappa shape index (κ2) is 12.1. The second-order valence-electron chi connectivity index (χ2n) is 9.37. The first kappa shape index (κ1) is 28.7. The molecule has 3 aromatic carbocycles. The van der Waals surface area contributed by atoms with Gasteiger partial charge in [-0.1, -0.05) is 65.0 Å². The van der Waals surface area contributed by atoms with E-state index < -0.39 is 29.5 Å². The van der Waals surface area contributed by atoms with Crippen LogP contribution in [-0.2, 0) is 20.1 Å². The number of nitrogens with zero attached hydrogens (tertiary/aromatic N) is 3. The molecule has 1 N–H and O–H groups in total. The number of fused-ring (bicyclic) bond motifs is 1. The van der Waals surface area contributed by atoms with Crippen LogP contribution in [0, 0.1) is 0 Å². The Labute approximate surface area is 258 Å². The number of hydrogen-bond donors (Lipinski definition) is 1. The number of thioether (sulfide) groups is 1. The van der Waals surface area contributed by atoms with Gasteiger partial charge in [0.05, 0.1) is 24.3 Å². The van der Waals surface area contributed by atoms with Gasteiger partial charge in [-0.25, -0.2) is 4.79 Å². The van der Waals surface area contributed by atoms with Gasteiger partial charge < -0.3 is 19.3 Å². The van der Waals surface area contributed by atoms with Gasteiger partial charge in [-0.05, 0) is 47.5 Å². The third kappa shape index (κ3) is 5.56. The molecular formula is C30H22ClN3O7S2. The Hall–Kier alpha value is -4.39. The van der Waals surface area contributed by atoms with Crippen molar-refractivity contribution in [2.75, 3.05) is 25.2 Å². The molecule has 0 saturated carbocycles. The Kier molecular flexibility index (Phi) is 8.06. The number of aromatic nitrogens is 2. The molecule has 0 bridgehead atoms. The summed E-state index contributed by atoms with van der Waals surface area (Å²) in [5, 5.41) is 20.7. The number of methoxy groups -OCH3 is 1. The van der Waals surface area contributed by atoms with E-state index in [1.807, 2.05) is 18.2 Å². The summed E-state index contributed by atoms with van der Waals surface area (Å²) in [6.07, 6.45) is 0. The third-order valence-electron chi connectivity index (χ3n) is 6.82. The average molecular weight is 636 g/mol. The molecule has 0 spiro atoms. The number of carbonyl (C=O) groups is 3. The van der Waals surface area contributed by atoms with Crippen LogP contribution in [0.2, 0.25) is 5.02 Å². The molecule has 0 aliphatic carbocycles. The average Bonchev–Trinajstić information content (AvgIpc) is 3.61. The van der Waals surface area contributed by atoms with Gasteiger partial charge in [-0.3, -0.25) is 14.5 Å².